The van der Waals surface area contributed by atoms with Crippen LogP contribution in [0.5, 0.6) is 11.5 Å². The van der Waals surface area contributed by atoms with Gasteiger partial charge in [0.15, 0.2) is 0 Å². The van der Waals surface area contributed by atoms with E-state index >= 15 is 0 Å². The van der Waals surface area contributed by atoms with Crippen LogP contribution in [0.4, 0.5) is 0 Å². The summed E-state index contributed by atoms with van der Waals surface area (Å²) < 4.78 is 1.76. The molecule has 0 aliphatic heterocycles. The second kappa shape index (κ2) is 5.24. The maximum Gasteiger partial charge on any atom is 0.255 e. The summed E-state index contributed by atoms with van der Waals surface area (Å²) in [5.74, 6) is -0.731. The molecule has 0 radical (unpaired) electrons. The molecule has 2 rings (SSSR count). The summed E-state index contributed by atoms with van der Waals surface area (Å²) in [6, 6.07) is 3.87. The van der Waals surface area contributed by atoms with Gasteiger partial charge in [-0.25, -0.2) is 0 Å². The molecule has 0 atom stereocenters. The van der Waals surface area contributed by atoms with Crippen LogP contribution < -0.4 is 5.32 Å². The van der Waals surface area contributed by atoms with E-state index in [0.717, 1.165) is 23.0 Å². The van der Waals surface area contributed by atoms with Crippen molar-refractivity contribution in [3.8, 4) is 11.5 Å². The molecule has 6 heteroatoms. The number of aromatic hydroxyl groups is 2. The smallest absolute Gasteiger partial charge is 0.255 e. The van der Waals surface area contributed by atoms with E-state index in [1.54, 1.807) is 4.68 Å². The molecule has 1 aromatic carbocycles. The van der Waals surface area contributed by atoms with Crippen LogP contribution in [0.2, 0.25) is 0 Å². The van der Waals surface area contributed by atoms with Crippen molar-refractivity contribution < 1.29 is 15.0 Å². The van der Waals surface area contributed by atoms with Crippen LogP contribution in [0.1, 0.15) is 27.3 Å². The molecule has 0 spiro atoms. The van der Waals surface area contributed by atoms with Crippen LogP contribution in [-0.4, -0.2) is 25.9 Å². The van der Waals surface area contributed by atoms with Gasteiger partial charge in [0, 0.05) is 30.9 Å². The van der Waals surface area contributed by atoms with E-state index < -0.39 is 5.91 Å². The number of aryl methyl sites for hydroxylation is 2. The normalized spacial score (nSPS) is 10.6. The van der Waals surface area contributed by atoms with Gasteiger partial charge in [-0.3, -0.25) is 9.48 Å². The number of phenols is 2. The molecule has 0 saturated heterocycles. The lowest BCUT2D eigenvalue weighted by Gasteiger charge is -2.07. The Balaban J connectivity index is 2.12. The zero-order chi connectivity index (χ0) is 14.9. The summed E-state index contributed by atoms with van der Waals surface area (Å²) in [7, 11) is 1.85. The van der Waals surface area contributed by atoms with Crippen molar-refractivity contribution in [1.29, 1.82) is 0 Å². The van der Waals surface area contributed by atoms with Crippen molar-refractivity contribution in [3.05, 3.63) is 40.7 Å². The van der Waals surface area contributed by atoms with Crippen LogP contribution in [-0.2, 0) is 13.6 Å². The van der Waals surface area contributed by atoms with E-state index in [-0.39, 0.29) is 17.1 Å². The highest BCUT2D eigenvalue weighted by Gasteiger charge is 2.14. The molecule has 0 bridgehead atoms. The lowest BCUT2D eigenvalue weighted by molar-refractivity contribution is 0.0948. The molecule has 3 N–H and O–H groups in total. The quantitative estimate of drug-likeness (QED) is 0.789. The molecule has 1 amide bonds. The molecular formula is C14H17N3O3. The van der Waals surface area contributed by atoms with E-state index in [1.165, 1.54) is 12.1 Å². The van der Waals surface area contributed by atoms with E-state index in [1.807, 2.05) is 20.9 Å². The van der Waals surface area contributed by atoms with Crippen molar-refractivity contribution in [1.82, 2.24) is 15.1 Å². The third-order valence-corrected chi connectivity index (χ3v) is 3.31. The minimum absolute atomic E-state index is 0.0852. The topological polar surface area (TPSA) is 87.4 Å². The van der Waals surface area contributed by atoms with Gasteiger partial charge in [-0.2, -0.15) is 5.10 Å². The SMILES string of the molecule is Cc1nn(C)c(C)c1CNC(=O)c1ccc(O)cc1O. The molecule has 1 aromatic heterocycles. The van der Waals surface area contributed by atoms with Crippen LogP contribution in [0, 0.1) is 13.8 Å². The summed E-state index contributed by atoms with van der Waals surface area (Å²) in [4.78, 5) is 12.0. The van der Waals surface area contributed by atoms with Crippen LogP contribution in [0.3, 0.4) is 0 Å². The van der Waals surface area contributed by atoms with Crippen molar-refractivity contribution in [2.45, 2.75) is 20.4 Å². The number of nitrogens with one attached hydrogen (secondary N) is 1. The Bertz CT molecular complexity index is 662. The molecule has 6 nitrogen and oxygen atoms in total. The van der Waals surface area contributed by atoms with Crippen molar-refractivity contribution in [2.24, 2.45) is 7.05 Å². The first-order valence-electron chi connectivity index (χ1n) is 6.19. The van der Waals surface area contributed by atoms with Crippen LogP contribution in [0.25, 0.3) is 0 Å². The van der Waals surface area contributed by atoms with Gasteiger partial charge in [-0.05, 0) is 26.0 Å². The van der Waals surface area contributed by atoms with Crippen molar-refractivity contribution in [2.75, 3.05) is 0 Å². The molecule has 20 heavy (non-hydrogen) atoms. The number of nitrogens with zero attached hydrogens (tertiary/aromatic N) is 2. The van der Waals surface area contributed by atoms with Gasteiger partial charge in [0.2, 0.25) is 0 Å². The van der Waals surface area contributed by atoms with Crippen LogP contribution in [0.15, 0.2) is 18.2 Å². The fourth-order valence-electron chi connectivity index (χ4n) is 2.05. The third kappa shape index (κ3) is 2.59. The van der Waals surface area contributed by atoms with Gasteiger partial charge in [0.1, 0.15) is 11.5 Å². The number of carbonyl (C=O) groups is 1. The van der Waals surface area contributed by atoms with Crippen LogP contribution >= 0.6 is 0 Å². The zero-order valence-electron chi connectivity index (χ0n) is 11.6. The molecule has 106 valence electrons. The first-order valence-corrected chi connectivity index (χ1v) is 6.19. The minimum Gasteiger partial charge on any atom is -0.508 e. The predicted molar refractivity (Wildman–Crippen MR) is 73.6 cm³/mol. The molecular weight excluding hydrogens is 258 g/mol. The summed E-state index contributed by atoms with van der Waals surface area (Å²) >= 11 is 0. The Morgan fingerprint density at radius 1 is 1.35 bits per heavy atom. The second-order valence-electron chi connectivity index (χ2n) is 4.66. The number of benzene rings is 1. The van der Waals surface area contributed by atoms with Gasteiger partial charge < -0.3 is 15.5 Å². The molecule has 1 heterocycles. The molecule has 2 aromatic rings. The standard InChI is InChI=1S/C14H17N3O3/c1-8-12(9(2)17(3)16-8)7-15-14(20)11-5-4-10(18)6-13(11)19/h4-6,18-19H,7H2,1-3H3,(H,15,20). The number of hydrogen-bond donors (Lipinski definition) is 3. The molecule has 0 unspecified atom stereocenters. The van der Waals surface area contributed by atoms with Gasteiger partial charge >= 0.3 is 0 Å². The number of rotatable bonds is 3. The fourth-order valence-corrected chi connectivity index (χ4v) is 2.05. The summed E-state index contributed by atoms with van der Waals surface area (Å²) in [5.41, 5.74) is 2.93. The lowest BCUT2D eigenvalue weighted by atomic mass is 10.1. The largest absolute Gasteiger partial charge is 0.508 e. The Kier molecular flexibility index (Phi) is 3.65. The molecule has 0 saturated carbocycles. The Morgan fingerprint density at radius 2 is 2.05 bits per heavy atom. The monoisotopic (exact) mass is 275 g/mol. The second-order valence-corrected chi connectivity index (χ2v) is 4.66. The maximum absolute atomic E-state index is 12.0. The Labute approximate surface area is 116 Å². The highest BCUT2D eigenvalue weighted by molar-refractivity contribution is 5.96. The minimum atomic E-state index is -0.398. The first-order chi connectivity index (χ1) is 9.40. The van der Waals surface area contributed by atoms with E-state index in [4.69, 9.17) is 0 Å². The molecule has 0 aliphatic carbocycles. The number of amides is 1. The average Bonchev–Trinajstić information content (AvgIpc) is 2.61. The first kappa shape index (κ1) is 13.9. The zero-order valence-corrected chi connectivity index (χ0v) is 11.6. The highest BCUT2D eigenvalue weighted by atomic mass is 16.3. The van der Waals surface area contributed by atoms with Gasteiger partial charge in [0.25, 0.3) is 5.91 Å². The van der Waals surface area contributed by atoms with Gasteiger partial charge in [-0.1, -0.05) is 0 Å². The van der Waals surface area contributed by atoms with Crippen molar-refractivity contribution >= 4 is 5.91 Å². The maximum atomic E-state index is 12.0. The Hall–Kier alpha value is -2.50. The number of hydrogen-bond acceptors (Lipinski definition) is 4. The van der Waals surface area contributed by atoms with E-state index in [2.05, 4.69) is 10.4 Å². The summed E-state index contributed by atoms with van der Waals surface area (Å²) in [5, 5.41) is 25.8. The average molecular weight is 275 g/mol. The molecule has 0 fully saturated rings. The van der Waals surface area contributed by atoms with Crippen molar-refractivity contribution in [3.63, 3.8) is 0 Å². The fraction of sp³-hybridized carbons (Fsp3) is 0.286. The van der Waals surface area contributed by atoms with Gasteiger partial charge in [0.05, 0.1) is 11.3 Å². The number of phenolic OH excluding ortho intramolecular Hbond substituents is 2. The van der Waals surface area contributed by atoms with Gasteiger partial charge in [-0.15, -0.1) is 0 Å². The van der Waals surface area contributed by atoms with E-state index in [0.29, 0.717) is 6.54 Å². The third-order valence-electron chi connectivity index (χ3n) is 3.31. The molecule has 0 aliphatic rings. The summed E-state index contributed by atoms with van der Waals surface area (Å²) in [6.07, 6.45) is 0. The highest BCUT2D eigenvalue weighted by Crippen LogP contribution is 2.22. The number of carbonyl (C=O) groups excluding carboxylic acids is 1. The predicted octanol–water partition coefficient (Wildman–Crippen LogP) is 1.38. The lowest BCUT2D eigenvalue weighted by Crippen LogP contribution is -2.23. The Morgan fingerprint density at radius 3 is 2.60 bits per heavy atom. The summed E-state index contributed by atoms with van der Waals surface area (Å²) in [6.45, 7) is 4.15. The number of aromatic nitrogens is 2. The van der Waals surface area contributed by atoms with E-state index in [9.17, 15) is 15.0 Å².